The number of aromatic nitrogens is 3. The van der Waals surface area contributed by atoms with Gasteiger partial charge in [0.25, 0.3) is 0 Å². The quantitative estimate of drug-likeness (QED) is 0.771. The summed E-state index contributed by atoms with van der Waals surface area (Å²) in [4.78, 5) is 3.89. The van der Waals surface area contributed by atoms with Crippen molar-refractivity contribution in [2.45, 2.75) is 26.8 Å². The van der Waals surface area contributed by atoms with E-state index in [9.17, 15) is 8.42 Å². The molecule has 0 aliphatic carbocycles. The highest BCUT2D eigenvalue weighted by molar-refractivity contribution is 7.89. The third-order valence-corrected chi connectivity index (χ3v) is 3.57. The Morgan fingerprint density at radius 1 is 1.47 bits per heavy atom. The van der Waals surface area contributed by atoms with Crippen molar-refractivity contribution in [2.24, 2.45) is 5.92 Å². The lowest BCUT2D eigenvalue weighted by Crippen LogP contribution is -2.31. The van der Waals surface area contributed by atoms with E-state index < -0.39 is 10.0 Å². The SMILES string of the molecule is CC(C)CS(=O)(=O)NC(C)c1ncn[nH]1. The predicted molar refractivity (Wildman–Crippen MR) is 56.6 cm³/mol. The minimum atomic E-state index is -3.24. The molecule has 1 rings (SSSR count). The van der Waals surface area contributed by atoms with E-state index in [0.29, 0.717) is 5.82 Å². The van der Waals surface area contributed by atoms with E-state index in [-0.39, 0.29) is 17.7 Å². The Morgan fingerprint density at radius 3 is 2.60 bits per heavy atom. The molecule has 1 heterocycles. The number of hydrogen-bond donors (Lipinski definition) is 2. The summed E-state index contributed by atoms with van der Waals surface area (Å²) in [6.07, 6.45) is 1.35. The Kier molecular flexibility index (Phi) is 3.81. The molecule has 0 bridgehead atoms. The Hall–Kier alpha value is -0.950. The standard InChI is InChI=1S/C8H16N4O2S/c1-6(2)4-15(13,14)12-7(3)8-9-5-10-11-8/h5-7,12H,4H2,1-3H3,(H,9,10,11). The summed E-state index contributed by atoms with van der Waals surface area (Å²) in [7, 11) is -3.24. The molecule has 86 valence electrons. The van der Waals surface area contributed by atoms with Crippen LogP contribution in [0.25, 0.3) is 0 Å². The highest BCUT2D eigenvalue weighted by atomic mass is 32.2. The maximum Gasteiger partial charge on any atom is 0.212 e. The Morgan fingerprint density at radius 2 is 2.13 bits per heavy atom. The van der Waals surface area contributed by atoms with Crippen molar-refractivity contribution in [3.8, 4) is 0 Å². The van der Waals surface area contributed by atoms with Gasteiger partial charge in [0.05, 0.1) is 11.8 Å². The summed E-state index contributed by atoms with van der Waals surface area (Å²) in [6, 6.07) is -0.378. The van der Waals surface area contributed by atoms with Crippen LogP contribution in [0.2, 0.25) is 0 Å². The van der Waals surface area contributed by atoms with E-state index in [1.807, 2.05) is 13.8 Å². The third kappa shape index (κ3) is 3.96. The largest absolute Gasteiger partial charge is 0.262 e. The first-order valence-corrected chi connectivity index (χ1v) is 6.41. The van der Waals surface area contributed by atoms with Crippen LogP contribution in [0.15, 0.2) is 6.33 Å². The van der Waals surface area contributed by atoms with Gasteiger partial charge in [0.15, 0.2) is 0 Å². The second-order valence-electron chi connectivity index (χ2n) is 3.89. The molecule has 15 heavy (non-hydrogen) atoms. The fourth-order valence-corrected chi connectivity index (χ4v) is 2.86. The fraction of sp³-hybridized carbons (Fsp3) is 0.750. The summed E-state index contributed by atoms with van der Waals surface area (Å²) >= 11 is 0. The highest BCUT2D eigenvalue weighted by Crippen LogP contribution is 2.08. The topological polar surface area (TPSA) is 87.7 Å². The minimum Gasteiger partial charge on any atom is -0.262 e. The predicted octanol–water partition coefficient (Wildman–Crippen LogP) is 0.441. The molecule has 1 atom stereocenters. The van der Waals surface area contributed by atoms with Crippen LogP contribution in [0.1, 0.15) is 32.6 Å². The van der Waals surface area contributed by atoms with E-state index in [0.717, 1.165) is 0 Å². The first kappa shape index (κ1) is 12.1. The lowest BCUT2D eigenvalue weighted by molar-refractivity contribution is 0.549. The zero-order chi connectivity index (χ0) is 11.5. The fourth-order valence-electron chi connectivity index (χ4n) is 1.24. The normalized spacial score (nSPS) is 14.4. The summed E-state index contributed by atoms with van der Waals surface area (Å²) in [5.41, 5.74) is 0. The van der Waals surface area contributed by atoms with Gasteiger partial charge in [-0.15, -0.1) is 0 Å². The average molecular weight is 232 g/mol. The molecule has 0 spiro atoms. The van der Waals surface area contributed by atoms with Gasteiger partial charge in [-0.2, -0.15) is 5.10 Å². The van der Waals surface area contributed by atoms with Crippen molar-refractivity contribution in [3.63, 3.8) is 0 Å². The third-order valence-electron chi connectivity index (χ3n) is 1.75. The molecule has 7 heteroatoms. The molecule has 6 nitrogen and oxygen atoms in total. The smallest absolute Gasteiger partial charge is 0.212 e. The molecule has 0 saturated heterocycles. The number of H-pyrrole nitrogens is 1. The highest BCUT2D eigenvalue weighted by Gasteiger charge is 2.18. The van der Waals surface area contributed by atoms with Crippen LogP contribution in [0, 0.1) is 5.92 Å². The molecule has 2 N–H and O–H groups in total. The van der Waals surface area contributed by atoms with Gasteiger partial charge >= 0.3 is 0 Å². The van der Waals surface area contributed by atoms with Crippen LogP contribution in [0.3, 0.4) is 0 Å². The number of aromatic amines is 1. The zero-order valence-electron chi connectivity index (χ0n) is 9.06. The molecule has 0 aliphatic rings. The first-order valence-electron chi connectivity index (χ1n) is 4.76. The molecule has 1 aromatic heterocycles. The minimum absolute atomic E-state index is 0.101. The van der Waals surface area contributed by atoms with Crippen LogP contribution in [0.4, 0.5) is 0 Å². The second-order valence-corrected chi connectivity index (χ2v) is 5.68. The van der Waals surface area contributed by atoms with Crippen LogP contribution in [-0.4, -0.2) is 29.4 Å². The summed E-state index contributed by atoms with van der Waals surface area (Å²) in [5.74, 6) is 0.734. The number of hydrogen-bond acceptors (Lipinski definition) is 4. The number of rotatable bonds is 5. The second kappa shape index (κ2) is 4.71. The first-order chi connectivity index (χ1) is 6.91. The van der Waals surface area contributed by atoms with E-state index in [4.69, 9.17) is 0 Å². The summed E-state index contributed by atoms with van der Waals surface area (Å²) in [6.45, 7) is 5.44. The van der Waals surface area contributed by atoms with Gasteiger partial charge in [-0.05, 0) is 12.8 Å². The maximum atomic E-state index is 11.6. The Bertz CT molecular complexity index is 385. The van der Waals surface area contributed by atoms with E-state index in [2.05, 4.69) is 19.9 Å². The molecule has 0 aliphatic heterocycles. The van der Waals surface area contributed by atoms with Gasteiger partial charge in [0, 0.05) is 0 Å². The van der Waals surface area contributed by atoms with Gasteiger partial charge in [-0.25, -0.2) is 18.1 Å². The van der Waals surface area contributed by atoms with E-state index in [1.54, 1.807) is 6.92 Å². The Labute approximate surface area is 89.5 Å². The van der Waals surface area contributed by atoms with Gasteiger partial charge in [0.1, 0.15) is 12.2 Å². The number of nitrogens with zero attached hydrogens (tertiary/aromatic N) is 2. The van der Waals surface area contributed by atoms with Crippen LogP contribution in [-0.2, 0) is 10.0 Å². The zero-order valence-corrected chi connectivity index (χ0v) is 9.87. The van der Waals surface area contributed by atoms with Crippen molar-refractivity contribution < 1.29 is 8.42 Å². The summed E-state index contributed by atoms with van der Waals surface area (Å²) in [5, 5.41) is 6.29. The van der Waals surface area contributed by atoms with Crippen molar-refractivity contribution in [1.29, 1.82) is 0 Å². The molecule has 1 aromatic rings. The lowest BCUT2D eigenvalue weighted by Gasteiger charge is -2.12. The van der Waals surface area contributed by atoms with Gasteiger partial charge in [-0.1, -0.05) is 13.8 Å². The van der Waals surface area contributed by atoms with Gasteiger partial charge in [-0.3, -0.25) is 5.10 Å². The lowest BCUT2D eigenvalue weighted by atomic mass is 10.3. The van der Waals surface area contributed by atoms with Crippen molar-refractivity contribution in [1.82, 2.24) is 19.9 Å². The van der Waals surface area contributed by atoms with Crippen LogP contribution < -0.4 is 4.72 Å². The molecule has 0 aromatic carbocycles. The van der Waals surface area contributed by atoms with E-state index in [1.165, 1.54) is 6.33 Å². The molecule has 0 amide bonds. The molecule has 0 saturated carbocycles. The molecule has 1 unspecified atom stereocenters. The maximum absolute atomic E-state index is 11.6. The number of sulfonamides is 1. The van der Waals surface area contributed by atoms with Crippen LogP contribution in [0.5, 0.6) is 0 Å². The molecular formula is C8H16N4O2S. The van der Waals surface area contributed by atoms with Crippen molar-refractivity contribution in [2.75, 3.05) is 5.75 Å². The van der Waals surface area contributed by atoms with Gasteiger partial charge < -0.3 is 0 Å². The summed E-state index contributed by atoms with van der Waals surface area (Å²) < 4.78 is 25.7. The Balaban J connectivity index is 2.62. The van der Waals surface area contributed by atoms with E-state index >= 15 is 0 Å². The average Bonchev–Trinajstić information content (AvgIpc) is 2.50. The monoisotopic (exact) mass is 232 g/mol. The van der Waals surface area contributed by atoms with Crippen molar-refractivity contribution >= 4 is 10.0 Å². The van der Waals surface area contributed by atoms with Crippen LogP contribution >= 0.6 is 0 Å². The van der Waals surface area contributed by atoms with Crippen molar-refractivity contribution in [3.05, 3.63) is 12.2 Å². The molecular weight excluding hydrogens is 216 g/mol. The van der Waals surface area contributed by atoms with Gasteiger partial charge in [0.2, 0.25) is 10.0 Å². The number of nitrogens with one attached hydrogen (secondary N) is 2. The molecule has 0 fully saturated rings. The molecule has 0 radical (unpaired) electrons.